The van der Waals surface area contributed by atoms with Crippen molar-refractivity contribution in [2.45, 2.75) is 17.8 Å². The molecule has 0 radical (unpaired) electrons. The van der Waals surface area contributed by atoms with Crippen LogP contribution in [0.3, 0.4) is 0 Å². The number of anilines is 1. The highest BCUT2D eigenvalue weighted by Crippen LogP contribution is 2.35. The zero-order chi connectivity index (χ0) is 23.2. The van der Waals surface area contributed by atoms with E-state index in [-0.39, 0.29) is 10.7 Å². The van der Waals surface area contributed by atoms with E-state index in [1.807, 2.05) is 16.8 Å². The molecule has 3 aliphatic heterocycles. The Morgan fingerprint density at radius 1 is 1.09 bits per heavy atom. The van der Waals surface area contributed by atoms with E-state index < -0.39 is 16.4 Å². The van der Waals surface area contributed by atoms with Crippen molar-refractivity contribution in [3.63, 3.8) is 0 Å². The summed E-state index contributed by atoms with van der Waals surface area (Å²) in [5.74, 6) is 0.400. The van der Waals surface area contributed by atoms with Crippen molar-refractivity contribution < 1.29 is 22.7 Å². The Balaban J connectivity index is 1.20. The van der Waals surface area contributed by atoms with E-state index in [0.717, 1.165) is 22.4 Å². The first-order valence-electron chi connectivity index (χ1n) is 10.9. The van der Waals surface area contributed by atoms with Crippen LogP contribution in [-0.2, 0) is 16.6 Å². The molecule has 0 fully saturated rings. The number of halogens is 1. The van der Waals surface area contributed by atoms with Crippen molar-refractivity contribution >= 4 is 15.7 Å². The second kappa shape index (κ2) is 8.69. The zero-order valence-corrected chi connectivity index (χ0v) is 19.2. The molecule has 1 atom stereocenters. The Hall–Kier alpha value is -2.50. The summed E-state index contributed by atoms with van der Waals surface area (Å²) in [5, 5.41) is 13.6. The van der Waals surface area contributed by atoms with Gasteiger partial charge in [-0.3, -0.25) is 10.2 Å². The Morgan fingerprint density at radius 3 is 2.48 bits per heavy atom. The molecule has 0 saturated heterocycles. The lowest BCUT2D eigenvalue weighted by atomic mass is 10.2. The van der Waals surface area contributed by atoms with Crippen LogP contribution in [0.5, 0.6) is 5.75 Å². The fraction of sp³-hybridized carbons (Fsp3) is 0.391. The SMILES string of the molecule is CN1CCOc2ccc(S(=O)(=O)N3CC4=C(CN(C(O)NCc5ccc(F)cc5)C4)C3)cc21. The number of nitrogens with zero attached hydrogens (tertiary/aromatic N) is 3. The Labute approximate surface area is 192 Å². The molecular formula is C23H27FN4O4S. The van der Waals surface area contributed by atoms with Gasteiger partial charge in [-0.05, 0) is 47.0 Å². The van der Waals surface area contributed by atoms with Gasteiger partial charge in [0, 0.05) is 39.8 Å². The van der Waals surface area contributed by atoms with Crippen LogP contribution in [0.15, 0.2) is 58.5 Å². The van der Waals surface area contributed by atoms with E-state index in [2.05, 4.69) is 5.32 Å². The van der Waals surface area contributed by atoms with Crippen LogP contribution in [0.2, 0.25) is 0 Å². The van der Waals surface area contributed by atoms with Gasteiger partial charge in [0.05, 0.1) is 17.1 Å². The molecule has 0 spiro atoms. The maximum Gasteiger partial charge on any atom is 0.243 e. The fourth-order valence-corrected chi connectivity index (χ4v) is 5.95. The molecule has 0 amide bonds. The third-order valence-corrected chi connectivity index (χ3v) is 8.22. The lowest BCUT2D eigenvalue weighted by Gasteiger charge is -2.29. The van der Waals surface area contributed by atoms with Crippen LogP contribution in [0.1, 0.15) is 5.56 Å². The summed E-state index contributed by atoms with van der Waals surface area (Å²) >= 11 is 0. The molecule has 5 rings (SSSR count). The van der Waals surface area contributed by atoms with Gasteiger partial charge in [-0.2, -0.15) is 4.31 Å². The molecule has 3 heterocycles. The summed E-state index contributed by atoms with van der Waals surface area (Å²) in [7, 11) is -1.72. The molecular weight excluding hydrogens is 447 g/mol. The third-order valence-electron chi connectivity index (χ3n) is 6.43. The molecule has 8 nitrogen and oxygen atoms in total. The summed E-state index contributed by atoms with van der Waals surface area (Å²) in [5.41, 5.74) is 3.70. The minimum atomic E-state index is -3.64. The smallest absolute Gasteiger partial charge is 0.243 e. The first-order valence-corrected chi connectivity index (χ1v) is 12.3. The van der Waals surface area contributed by atoms with Crippen LogP contribution in [0.4, 0.5) is 10.1 Å². The molecule has 33 heavy (non-hydrogen) atoms. The van der Waals surface area contributed by atoms with Crippen LogP contribution in [-0.4, -0.2) is 75.5 Å². The molecule has 176 valence electrons. The zero-order valence-electron chi connectivity index (χ0n) is 18.4. The van der Waals surface area contributed by atoms with Crippen molar-refractivity contribution in [1.82, 2.24) is 14.5 Å². The van der Waals surface area contributed by atoms with Gasteiger partial charge in [-0.15, -0.1) is 0 Å². The number of ether oxygens (including phenoxy) is 1. The van der Waals surface area contributed by atoms with Crippen molar-refractivity contribution in [2.75, 3.05) is 51.3 Å². The number of aliphatic hydroxyl groups excluding tert-OH is 1. The van der Waals surface area contributed by atoms with Gasteiger partial charge < -0.3 is 14.7 Å². The van der Waals surface area contributed by atoms with E-state index >= 15 is 0 Å². The lowest BCUT2D eigenvalue weighted by molar-refractivity contribution is -0.00811. The van der Waals surface area contributed by atoms with Gasteiger partial charge >= 0.3 is 0 Å². The number of fused-ring (bicyclic) bond motifs is 1. The Kier molecular flexibility index (Phi) is 5.87. The monoisotopic (exact) mass is 474 g/mol. The summed E-state index contributed by atoms with van der Waals surface area (Å²) in [6.45, 7) is 3.34. The van der Waals surface area contributed by atoms with Gasteiger partial charge in [-0.1, -0.05) is 12.1 Å². The average molecular weight is 475 g/mol. The lowest BCUT2D eigenvalue weighted by Crippen LogP contribution is -2.46. The van der Waals surface area contributed by atoms with Crippen LogP contribution in [0.25, 0.3) is 0 Å². The number of hydrogen-bond acceptors (Lipinski definition) is 7. The summed E-state index contributed by atoms with van der Waals surface area (Å²) in [4.78, 5) is 4.12. The number of likely N-dealkylation sites (N-methyl/N-ethyl adjacent to an activating group) is 1. The number of benzene rings is 2. The van der Waals surface area contributed by atoms with Gasteiger partial charge in [0.15, 0.2) is 6.35 Å². The molecule has 2 aromatic carbocycles. The van der Waals surface area contributed by atoms with Crippen LogP contribution in [0, 0.1) is 5.82 Å². The van der Waals surface area contributed by atoms with E-state index in [0.29, 0.717) is 51.6 Å². The van der Waals surface area contributed by atoms with E-state index in [4.69, 9.17) is 4.74 Å². The highest BCUT2D eigenvalue weighted by molar-refractivity contribution is 7.89. The normalized spacial score (nSPS) is 20.0. The Bertz CT molecular complexity index is 1170. The highest BCUT2D eigenvalue weighted by Gasteiger charge is 2.38. The number of nitrogens with one attached hydrogen (secondary N) is 1. The molecule has 0 aliphatic carbocycles. The number of aliphatic hydroxyl groups is 1. The first kappa shape index (κ1) is 22.3. The van der Waals surface area contributed by atoms with Gasteiger partial charge in [-0.25, -0.2) is 12.8 Å². The predicted molar refractivity (Wildman–Crippen MR) is 122 cm³/mol. The summed E-state index contributed by atoms with van der Waals surface area (Å²) in [6.07, 6.45) is -0.873. The van der Waals surface area contributed by atoms with Gasteiger partial charge in [0.25, 0.3) is 0 Å². The topological polar surface area (TPSA) is 85.4 Å². The molecule has 0 aromatic heterocycles. The summed E-state index contributed by atoms with van der Waals surface area (Å²) in [6, 6.07) is 11.1. The number of hydrogen-bond donors (Lipinski definition) is 2. The first-order chi connectivity index (χ1) is 15.8. The van der Waals surface area contributed by atoms with Crippen LogP contribution >= 0.6 is 0 Å². The Morgan fingerprint density at radius 2 is 1.79 bits per heavy atom. The van der Waals surface area contributed by atoms with Crippen molar-refractivity contribution in [2.24, 2.45) is 0 Å². The molecule has 2 aromatic rings. The number of rotatable bonds is 6. The highest BCUT2D eigenvalue weighted by atomic mass is 32.2. The van der Waals surface area contributed by atoms with E-state index in [1.165, 1.54) is 16.4 Å². The number of sulfonamides is 1. The fourth-order valence-electron chi connectivity index (χ4n) is 4.50. The second-order valence-corrected chi connectivity index (χ2v) is 10.6. The van der Waals surface area contributed by atoms with E-state index in [1.54, 1.807) is 30.3 Å². The largest absolute Gasteiger partial charge is 0.490 e. The minimum Gasteiger partial charge on any atom is -0.490 e. The van der Waals surface area contributed by atoms with Crippen molar-refractivity contribution in [3.05, 3.63) is 65.0 Å². The molecule has 2 N–H and O–H groups in total. The molecule has 10 heteroatoms. The average Bonchev–Trinajstić information content (AvgIpc) is 3.39. The third kappa shape index (κ3) is 4.36. The van der Waals surface area contributed by atoms with Crippen LogP contribution < -0.4 is 15.0 Å². The van der Waals surface area contributed by atoms with Gasteiger partial charge in [0.2, 0.25) is 10.0 Å². The molecule has 0 bridgehead atoms. The van der Waals surface area contributed by atoms with Gasteiger partial charge in [0.1, 0.15) is 18.2 Å². The van der Waals surface area contributed by atoms with E-state index in [9.17, 15) is 17.9 Å². The van der Waals surface area contributed by atoms with Crippen molar-refractivity contribution in [3.8, 4) is 5.75 Å². The molecule has 3 aliphatic rings. The minimum absolute atomic E-state index is 0.262. The standard InChI is InChI=1S/C23H27FN4O4S/c1-26-8-9-32-22-7-6-20(10-21(22)26)33(30,31)28-14-17-12-27(13-18(17)15-28)23(29)25-11-16-2-4-19(24)5-3-16/h2-7,10,23,25,29H,8-9,11-15H2,1H3. The maximum atomic E-state index is 13.3. The summed E-state index contributed by atoms with van der Waals surface area (Å²) < 4.78 is 46.8. The molecule has 1 unspecified atom stereocenters. The quantitative estimate of drug-likeness (QED) is 0.483. The maximum absolute atomic E-state index is 13.3. The van der Waals surface area contributed by atoms with Crippen molar-refractivity contribution in [1.29, 1.82) is 0 Å². The molecule has 0 saturated carbocycles. The second-order valence-electron chi connectivity index (χ2n) is 8.67. The predicted octanol–water partition coefficient (Wildman–Crippen LogP) is 1.34.